The van der Waals surface area contributed by atoms with Crippen molar-refractivity contribution in [3.63, 3.8) is 0 Å². The Morgan fingerprint density at radius 2 is 1.50 bits per heavy atom. The van der Waals surface area contributed by atoms with E-state index in [9.17, 15) is 0 Å². The van der Waals surface area contributed by atoms with E-state index in [1.165, 1.54) is 0 Å². The Labute approximate surface area is 146 Å². The highest BCUT2D eigenvalue weighted by Gasteiger charge is 2.30. The van der Waals surface area contributed by atoms with Crippen LogP contribution in [0.3, 0.4) is 0 Å². The van der Waals surface area contributed by atoms with Crippen molar-refractivity contribution < 1.29 is 9.05 Å². The largest absolute Gasteiger partial charge is 0.450 e. The SMILES string of the molecule is C=C/C(C)=C\C(=C)OPOC(C)(c1ccccc1)c1ccccc1. The predicted octanol–water partition coefficient (Wildman–Crippen LogP) is 6.14. The van der Waals surface area contributed by atoms with Crippen LogP contribution in [0.25, 0.3) is 0 Å². The minimum Gasteiger partial charge on any atom is -0.450 e. The molecule has 0 heterocycles. The van der Waals surface area contributed by atoms with Gasteiger partial charge in [-0.15, -0.1) is 0 Å². The van der Waals surface area contributed by atoms with Crippen LogP contribution >= 0.6 is 9.03 Å². The normalized spacial score (nSPS) is 12.3. The van der Waals surface area contributed by atoms with Gasteiger partial charge in [-0.2, -0.15) is 0 Å². The van der Waals surface area contributed by atoms with Crippen molar-refractivity contribution in [3.8, 4) is 0 Å². The monoisotopic (exact) mass is 338 g/mol. The number of allylic oxidation sites excluding steroid dienone is 3. The van der Waals surface area contributed by atoms with E-state index in [0.717, 1.165) is 16.7 Å². The highest BCUT2D eigenvalue weighted by molar-refractivity contribution is 7.26. The van der Waals surface area contributed by atoms with Crippen LogP contribution in [-0.4, -0.2) is 0 Å². The van der Waals surface area contributed by atoms with Crippen LogP contribution in [0.15, 0.2) is 97.3 Å². The first-order valence-electron chi connectivity index (χ1n) is 7.77. The molecule has 3 heteroatoms. The van der Waals surface area contributed by atoms with Gasteiger partial charge >= 0.3 is 0 Å². The zero-order valence-electron chi connectivity index (χ0n) is 14.2. The van der Waals surface area contributed by atoms with Crippen LogP contribution in [0.4, 0.5) is 0 Å². The molecule has 0 aliphatic rings. The smallest absolute Gasteiger partial charge is 0.216 e. The Hall–Kier alpha value is -2.15. The molecule has 0 amide bonds. The second-order valence-electron chi connectivity index (χ2n) is 5.61. The van der Waals surface area contributed by atoms with Crippen molar-refractivity contribution in [2.45, 2.75) is 19.4 Å². The highest BCUT2D eigenvalue weighted by atomic mass is 31.1. The maximum atomic E-state index is 6.18. The average Bonchev–Trinajstić information content (AvgIpc) is 2.63. The second kappa shape index (κ2) is 8.63. The van der Waals surface area contributed by atoms with Gasteiger partial charge < -0.3 is 9.05 Å². The van der Waals surface area contributed by atoms with Crippen molar-refractivity contribution in [1.29, 1.82) is 0 Å². The Morgan fingerprint density at radius 3 is 1.96 bits per heavy atom. The van der Waals surface area contributed by atoms with E-state index in [1.54, 1.807) is 6.08 Å². The molecule has 0 aliphatic heterocycles. The molecule has 0 bridgehead atoms. The lowest BCUT2D eigenvalue weighted by molar-refractivity contribution is 0.139. The summed E-state index contributed by atoms with van der Waals surface area (Å²) in [7, 11) is -0.162. The molecule has 0 saturated heterocycles. The van der Waals surface area contributed by atoms with E-state index >= 15 is 0 Å². The fourth-order valence-corrected chi connectivity index (χ4v) is 2.91. The lowest BCUT2D eigenvalue weighted by Crippen LogP contribution is -2.24. The first-order chi connectivity index (χ1) is 11.6. The van der Waals surface area contributed by atoms with Gasteiger partial charge in [0, 0.05) is 0 Å². The summed E-state index contributed by atoms with van der Waals surface area (Å²) in [4.78, 5) is 0. The minimum absolute atomic E-state index is 0.162. The Morgan fingerprint density at radius 1 is 1.00 bits per heavy atom. The van der Waals surface area contributed by atoms with Crippen molar-refractivity contribution in [2.75, 3.05) is 0 Å². The fraction of sp³-hybridized carbons (Fsp3) is 0.143. The maximum absolute atomic E-state index is 6.18. The number of hydrogen-bond donors (Lipinski definition) is 0. The van der Waals surface area contributed by atoms with Gasteiger partial charge in [-0.3, -0.25) is 0 Å². The zero-order valence-corrected chi connectivity index (χ0v) is 15.2. The minimum atomic E-state index is -0.585. The van der Waals surface area contributed by atoms with Crippen LogP contribution < -0.4 is 0 Å². The fourth-order valence-electron chi connectivity index (χ4n) is 2.30. The Bertz CT molecular complexity index is 666. The van der Waals surface area contributed by atoms with Crippen LogP contribution in [0.1, 0.15) is 25.0 Å². The molecule has 0 spiro atoms. The molecule has 1 atom stereocenters. The predicted molar refractivity (Wildman–Crippen MR) is 103 cm³/mol. The lowest BCUT2D eigenvalue weighted by Gasteiger charge is -2.30. The molecule has 2 aromatic rings. The van der Waals surface area contributed by atoms with Crippen molar-refractivity contribution >= 4 is 9.03 Å². The summed E-state index contributed by atoms with van der Waals surface area (Å²) in [6, 6.07) is 20.3. The second-order valence-corrected chi connectivity index (χ2v) is 6.19. The van der Waals surface area contributed by atoms with Gasteiger partial charge in [-0.25, -0.2) is 0 Å². The van der Waals surface area contributed by atoms with Crippen LogP contribution in [0.5, 0.6) is 0 Å². The third-order valence-electron chi connectivity index (χ3n) is 3.78. The van der Waals surface area contributed by atoms with Gasteiger partial charge in [0.05, 0.1) is 0 Å². The molecule has 2 aromatic carbocycles. The molecular formula is C21H23O2P. The summed E-state index contributed by atoms with van der Waals surface area (Å²) >= 11 is 0. The number of benzene rings is 2. The molecule has 0 aliphatic carbocycles. The lowest BCUT2D eigenvalue weighted by atomic mass is 9.88. The van der Waals surface area contributed by atoms with Crippen molar-refractivity contribution in [3.05, 3.63) is 108 Å². The maximum Gasteiger partial charge on any atom is 0.216 e. The zero-order chi connectivity index (χ0) is 17.4. The van der Waals surface area contributed by atoms with E-state index in [1.807, 2.05) is 49.4 Å². The number of hydrogen-bond acceptors (Lipinski definition) is 2. The molecule has 0 saturated carbocycles. The van der Waals surface area contributed by atoms with Gasteiger partial charge in [0.15, 0.2) is 0 Å². The summed E-state index contributed by atoms with van der Waals surface area (Å²) in [5, 5.41) is 0. The molecule has 0 aromatic heterocycles. The van der Waals surface area contributed by atoms with Crippen LogP contribution in [0, 0.1) is 0 Å². The summed E-state index contributed by atoms with van der Waals surface area (Å²) in [6.45, 7) is 11.6. The van der Waals surface area contributed by atoms with Gasteiger partial charge in [0.2, 0.25) is 9.03 Å². The summed E-state index contributed by atoms with van der Waals surface area (Å²) < 4.78 is 11.8. The highest BCUT2D eigenvalue weighted by Crippen LogP contribution is 2.39. The summed E-state index contributed by atoms with van der Waals surface area (Å²) in [5.41, 5.74) is 2.57. The summed E-state index contributed by atoms with van der Waals surface area (Å²) in [5.74, 6) is 0.564. The third kappa shape index (κ3) is 4.67. The van der Waals surface area contributed by atoms with Gasteiger partial charge in [-0.1, -0.05) is 79.9 Å². The van der Waals surface area contributed by atoms with Gasteiger partial charge in [0.1, 0.15) is 11.4 Å². The van der Waals surface area contributed by atoms with E-state index in [2.05, 4.69) is 44.3 Å². The average molecular weight is 338 g/mol. The quantitative estimate of drug-likeness (QED) is 0.327. The standard InChI is InChI=1S/C21H23O2P/c1-5-17(2)16-18(3)22-24-23-21(4,19-12-8-6-9-13-19)20-14-10-7-11-15-20/h5-16,24H,1,3H2,2,4H3/b17-16-. The topological polar surface area (TPSA) is 18.5 Å². The van der Waals surface area contributed by atoms with Gasteiger partial charge in [-0.05, 0) is 36.6 Å². The van der Waals surface area contributed by atoms with E-state index < -0.39 is 5.60 Å². The molecule has 0 fully saturated rings. The van der Waals surface area contributed by atoms with Gasteiger partial charge in [0.25, 0.3) is 0 Å². The molecule has 2 rings (SSSR count). The van der Waals surface area contributed by atoms with E-state index in [-0.39, 0.29) is 9.03 Å². The Balaban J connectivity index is 2.17. The van der Waals surface area contributed by atoms with Crippen LogP contribution in [0.2, 0.25) is 0 Å². The molecule has 0 N–H and O–H groups in total. The van der Waals surface area contributed by atoms with E-state index in [0.29, 0.717) is 5.76 Å². The number of rotatable bonds is 8. The molecule has 1 unspecified atom stereocenters. The molecule has 124 valence electrons. The molecule has 2 nitrogen and oxygen atoms in total. The molecular weight excluding hydrogens is 315 g/mol. The van der Waals surface area contributed by atoms with E-state index in [4.69, 9.17) is 9.05 Å². The van der Waals surface area contributed by atoms with Crippen molar-refractivity contribution in [2.24, 2.45) is 0 Å². The third-order valence-corrected chi connectivity index (χ3v) is 4.62. The van der Waals surface area contributed by atoms with Crippen LogP contribution in [-0.2, 0) is 14.6 Å². The molecule has 0 radical (unpaired) electrons. The first-order valence-corrected chi connectivity index (χ1v) is 8.58. The Kier molecular flexibility index (Phi) is 6.54. The van der Waals surface area contributed by atoms with Crippen molar-refractivity contribution in [1.82, 2.24) is 0 Å². The summed E-state index contributed by atoms with van der Waals surface area (Å²) in [6.07, 6.45) is 3.60. The first kappa shape index (κ1) is 18.2. The molecule has 24 heavy (non-hydrogen) atoms.